The summed E-state index contributed by atoms with van der Waals surface area (Å²) in [4.78, 5) is 2.45. The van der Waals surface area contributed by atoms with E-state index in [1.54, 1.807) is 0 Å². The van der Waals surface area contributed by atoms with Crippen LogP contribution in [0.5, 0.6) is 0 Å². The first kappa shape index (κ1) is 14.5. The average molecular weight is 267 g/mol. The van der Waals surface area contributed by atoms with Crippen LogP contribution < -0.4 is 0 Å². The van der Waals surface area contributed by atoms with Gasteiger partial charge in [0, 0.05) is 30.4 Å². The molecule has 1 aliphatic rings. The fourth-order valence-corrected chi connectivity index (χ4v) is 2.70. The predicted molar refractivity (Wildman–Crippen MR) is 74.1 cm³/mol. The molecule has 5 heteroatoms. The van der Waals surface area contributed by atoms with Gasteiger partial charge >= 0.3 is 0 Å². The Morgan fingerprint density at radius 2 is 2.11 bits per heavy atom. The molecule has 1 fully saturated rings. The number of aliphatic hydroxyl groups is 1. The summed E-state index contributed by atoms with van der Waals surface area (Å²) in [5.74, 6) is 0. The highest BCUT2D eigenvalue weighted by Gasteiger charge is 2.26. The number of nitrogens with zero attached hydrogens (tertiary/aromatic N) is 3. The number of aromatic nitrogens is 2. The Hall–Kier alpha value is -0.910. The molecule has 2 unspecified atom stereocenters. The third-order valence-electron chi connectivity index (χ3n) is 4.22. The normalized spacial score (nSPS) is 24.9. The molecule has 1 N–H and O–H groups in total. The van der Waals surface area contributed by atoms with Gasteiger partial charge in [-0.2, -0.15) is 5.10 Å². The van der Waals surface area contributed by atoms with Gasteiger partial charge in [-0.15, -0.1) is 0 Å². The van der Waals surface area contributed by atoms with Crippen molar-refractivity contribution in [3.8, 4) is 0 Å². The Morgan fingerprint density at radius 3 is 2.79 bits per heavy atom. The van der Waals surface area contributed by atoms with Gasteiger partial charge in [0.25, 0.3) is 0 Å². The largest absolute Gasteiger partial charge is 0.394 e. The fraction of sp³-hybridized carbons (Fsp3) is 0.786. The summed E-state index contributed by atoms with van der Waals surface area (Å²) in [5.41, 5.74) is 3.52. The molecule has 19 heavy (non-hydrogen) atoms. The molecular formula is C14H25N3O2. The number of morpholine rings is 1. The smallest absolute Gasteiger partial charge is 0.0700 e. The lowest BCUT2D eigenvalue weighted by Gasteiger charge is -2.37. The molecule has 1 aromatic rings. The number of aryl methyl sites for hydroxylation is 1. The topological polar surface area (TPSA) is 50.5 Å². The summed E-state index contributed by atoms with van der Waals surface area (Å²) in [6, 6.07) is 0.425. The van der Waals surface area contributed by atoms with E-state index in [1.165, 1.54) is 5.56 Å². The van der Waals surface area contributed by atoms with Crippen molar-refractivity contribution in [2.75, 3.05) is 19.8 Å². The van der Waals surface area contributed by atoms with E-state index in [0.717, 1.165) is 31.1 Å². The molecule has 0 aromatic carbocycles. The number of aliphatic hydroxyl groups excluding tert-OH is 1. The van der Waals surface area contributed by atoms with E-state index in [1.807, 2.05) is 11.6 Å². The Morgan fingerprint density at radius 1 is 1.37 bits per heavy atom. The van der Waals surface area contributed by atoms with Gasteiger partial charge in [-0.25, -0.2) is 0 Å². The monoisotopic (exact) mass is 267 g/mol. The molecule has 0 bridgehead atoms. The minimum absolute atomic E-state index is 0.131. The van der Waals surface area contributed by atoms with E-state index in [0.29, 0.717) is 12.6 Å². The maximum absolute atomic E-state index is 9.05. The average Bonchev–Trinajstić information content (AvgIpc) is 2.63. The molecule has 1 saturated heterocycles. The summed E-state index contributed by atoms with van der Waals surface area (Å²) in [6.45, 7) is 11.9. The van der Waals surface area contributed by atoms with E-state index in [9.17, 15) is 0 Å². The highest BCUT2D eigenvalue weighted by molar-refractivity contribution is 5.24. The molecular weight excluding hydrogens is 242 g/mol. The van der Waals surface area contributed by atoms with Crippen LogP contribution in [0.3, 0.4) is 0 Å². The van der Waals surface area contributed by atoms with E-state index in [2.05, 4.69) is 30.8 Å². The first-order valence-corrected chi connectivity index (χ1v) is 7.04. The lowest BCUT2D eigenvalue weighted by Crippen LogP contribution is -2.47. The lowest BCUT2D eigenvalue weighted by atomic mass is 10.1. The molecule has 0 radical (unpaired) electrons. The third kappa shape index (κ3) is 2.99. The van der Waals surface area contributed by atoms with Crippen LogP contribution in [0.15, 0.2) is 0 Å². The molecule has 0 amide bonds. The van der Waals surface area contributed by atoms with Gasteiger partial charge in [-0.1, -0.05) is 0 Å². The first-order chi connectivity index (χ1) is 9.04. The van der Waals surface area contributed by atoms with Gasteiger partial charge in [-0.3, -0.25) is 9.58 Å². The quantitative estimate of drug-likeness (QED) is 0.887. The van der Waals surface area contributed by atoms with Crippen LogP contribution in [0.25, 0.3) is 0 Å². The van der Waals surface area contributed by atoms with Crippen LogP contribution >= 0.6 is 0 Å². The van der Waals surface area contributed by atoms with Gasteiger partial charge in [-0.05, 0) is 27.7 Å². The Labute approximate surface area is 115 Å². The second kappa shape index (κ2) is 6.03. The van der Waals surface area contributed by atoms with Crippen molar-refractivity contribution in [3.63, 3.8) is 0 Å². The Balaban J connectivity index is 2.14. The van der Waals surface area contributed by atoms with Gasteiger partial charge < -0.3 is 9.84 Å². The van der Waals surface area contributed by atoms with Crippen LogP contribution in [-0.4, -0.2) is 51.7 Å². The van der Waals surface area contributed by atoms with Crippen molar-refractivity contribution in [1.82, 2.24) is 14.7 Å². The predicted octanol–water partition coefficient (Wildman–Crippen LogP) is 1.10. The van der Waals surface area contributed by atoms with E-state index >= 15 is 0 Å². The van der Waals surface area contributed by atoms with Crippen molar-refractivity contribution >= 4 is 0 Å². The second-order valence-electron chi connectivity index (χ2n) is 5.38. The summed E-state index contributed by atoms with van der Waals surface area (Å²) in [6.07, 6.45) is 0.279. The Bertz CT molecular complexity index is 431. The van der Waals surface area contributed by atoms with Crippen LogP contribution in [0.1, 0.15) is 30.8 Å². The van der Waals surface area contributed by atoms with Gasteiger partial charge in [0.1, 0.15) is 0 Å². The second-order valence-corrected chi connectivity index (χ2v) is 5.38. The summed E-state index contributed by atoms with van der Waals surface area (Å²) >= 11 is 0. The molecule has 2 atom stereocenters. The molecule has 1 aliphatic heterocycles. The molecule has 5 nitrogen and oxygen atoms in total. The van der Waals surface area contributed by atoms with Gasteiger partial charge in [0.15, 0.2) is 0 Å². The minimum Gasteiger partial charge on any atom is -0.394 e. The summed E-state index contributed by atoms with van der Waals surface area (Å²) in [7, 11) is 0. The van der Waals surface area contributed by atoms with Gasteiger partial charge in [0.2, 0.25) is 0 Å². The van der Waals surface area contributed by atoms with E-state index in [-0.39, 0.29) is 12.7 Å². The van der Waals surface area contributed by atoms with Crippen LogP contribution in [0, 0.1) is 13.8 Å². The number of ether oxygens (including phenoxy) is 1. The standard InChI is InChI=1S/C14H25N3O2/c1-10-14(12(3)17(15-10)5-7-18)9-16-6-8-19-13(4)11(16)2/h11,13,18H,5-9H2,1-4H3. The minimum atomic E-state index is 0.131. The van der Waals surface area contributed by atoms with Crippen molar-refractivity contribution in [2.24, 2.45) is 0 Å². The van der Waals surface area contributed by atoms with Crippen molar-refractivity contribution < 1.29 is 9.84 Å². The lowest BCUT2D eigenvalue weighted by molar-refractivity contribution is -0.0586. The molecule has 1 aromatic heterocycles. The number of hydrogen-bond donors (Lipinski definition) is 1. The molecule has 2 rings (SSSR count). The van der Waals surface area contributed by atoms with Crippen molar-refractivity contribution in [3.05, 3.63) is 17.0 Å². The van der Waals surface area contributed by atoms with Crippen molar-refractivity contribution in [1.29, 1.82) is 0 Å². The SMILES string of the molecule is Cc1nn(CCO)c(C)c1CN1CCOC(C)C1C. The summed E-state index contributed by atoms with van der Waals surface area (Å²) < 4.78 is 7.57. The van der Waals surface area contributed by atoms with Gasteiger partial charge in [0.05, 0.1) is 31.6 Å². The third-order valence-corrected chi connectivity index (χ3v) is 4.22. The summed E-state index contributed by atoms with van der Waals surface area (Å²) in [5, 5.41) is 13.6. The van der Waals surface area contributed by atoms with Crippen LogP contribution in [0.4, 0.5) is 0 Å². The van der Waals surface area contributed by atoms with E-state index < -0.39 is 0 Å². The van der Waals surface area contributed by atoms with Crippen molar-refractivity contribution in [2.45, 2.75) is 52.9 Å². The molecule has 2 heterocycles. The highest BCUT2D eigenvalue weighted by Crippen LogP contribution is 2.20. The number of rotatable bonds is 4. The zero-order valence-corrected chi connectivity index (χ0v) is 12.4. The molecule has 0 spiro atoms. The maximum atomic E-state index is 9.05. The maximum Gasteiger partial charge on any atom is 0.0700 e. The van der Waals surface area contributed by atoms with Crippen LogP contribution in [0.2, 0.25) is 0 Å². The molecule has 108 valence electrons. The number of hydrogen-bond acceptors (Lipinski definition) is 4. The zero-order chi connectivity index (χ0) is 14.0. The zero-order valence-electron chi connectivity index (χ0n) is 12.4. The highest BCUT2D eigenvalue weighted by atomic mass is 16.5. The fourth-order valence-electron chi connectivity index (χ4n) is 2.70. The molecule has 0 saturated carbocycles. The first-order valence-electron chi connectivity index (χ1n) is 7.04. The van der Waals surface area contributed by atoms with Crippen LogP contribution in [-0.2, 0) is 17.8 Å². The Kier molecular flexibility index (Phi) is 4.60. The van der Waals surface area contributed by atoms with E-state index in [4.69, 9.17) is 9.84 Å². The molecule has 0 aliphatic carbocycles.